The quantitative estimate of drug-likeness (QED) is 0.299. The second kappa shape index (κ2) is 11.8. The molecule has 1 aromatic carbocycles. The van der Waals surface area contributed by atoms with Crippen LogP contribution in [0.25, 0.3) is 0 Å². The van der Waals surface area contributed by atoms with Gasteiger partial charge >= 0.3 is 0 Å². The van der Waals surface area contributed by atoms with E-state index in [2.05, 4.69) is 37.4 Å². The average Bonchev–Trinajstić information content (AvgIpc) is 2.78. The molecule has 2 aromatic rings. The van der Waals surface area contributed by atoms with Crippen LogP contribution in [0.3, 0.4) is 0 Å². The van der Waals surface area contributed by atoms with Gasteiger partial charge in [0.2, 0.25) is 11.9 Å². The SMILES string of the molecule is CC1CCCCN1CCCNC(=O)c1ccc(NC(N)=NC(N)=Nc2ccccn2)cc1. The minimum absolute atomic E-state index is 0.0105. The molecule has 6 N–H and O–H groups in total. The lowest BCUT2D eigenvalue weighted by molar-refractivity contribution is 0.0949. The number of nitrogens with two attached hydrogens (primary N) is 2. The molecule has 1 atom stereocenters. The Morgan fingerprint density at radius 3 is 2.72 bits per heavy atom. The van der Waals surface area contributed by atoms with Gasteiger partial charge in [-0.15, -0.1) is 0 Å². The fourth-order valence-electron chi connectivity index (χ4n) is 3.64. The number of piperidine rings is 1. The molecule has 9 nitrogen and oxygen atoms in total. The lowest BCUT2D eigenvalue weighted by Crippen LogP contribution is -2.39. The molecule has 3 rings (SSSR count). The molecule has 2 heterocycles. The number of aliphatic imine (C=N–C) groups is 2. The Kier molecular flexibility index (Phi) is 8.56. The number of nitrogens with one attached hydrogen (secondary N) is 2. The van der Waals surface area contributed by atoms with E-state index in [1.807, 2.05) is 0 Å². The predicted molar refractivity (Wildman–Crippen MR) is 129 cm³/mol. The van der Waals surface area contributed by atoms with Crippen molar-refractivity contribution in [1.82, 2.24) is 15.2 Å². The molecule has 32 heavy (non-hydrogen) atoms. The standard InChI is InChI=1S/C23H32N8O/c1-17-7-3-5-15-31(17)16-6-14-27-21(32)18-9-11-19(12-10-18)28-22(24)30-23(25)29-20-8-2-4-13-26-20/h2,4,8-13,17H,3,5-7,14-16H2,1H3,(H,27,32)(H5,24,25,26,28,29,30). The van der Waals surface area contributed by atoms with Gasteiger partial charge in [0.1, 0.15) is 0 Å². The maximum Gasteiger partial charge on any atom is 0.251 e. The number of hydrogen-bond acceptors (Lipinski definition) is 4. The van der Waals surface area contributed by atoms with Crippen LogP contribution in [-0.2, 0) is 0 Å². The van der Waals surface area contributed by atoms with E-state index in [9.17, 15) is 4.79 Å². The molecule has 1 amide bonds. The van der Waals surface area contributed by atoms with Crippen molar-refractivity contribution in [3.63, 3.8) is 0 Å². The zero-order valence-electron chi connectivity index (χ0n) is 18.5. The van der Waals surface area contributed by atoms with Crippen molar-refractivity contribution in [3.05, 3.63) is 54.2 Å². The highest BCUT2D eigenvalue weighted by molar-refractivity contribution is 6.01. The van der Waals surface area contributed by atoms with Gasteiger partial charge in [0.15, 0.2) is 5.82 Å². The number of likely N-dealkylation sites (tertiary alicyclic amines) is 1. The Labute approximate surface area is 189 Å². The van der Waals surface area contributed by atoms with Gasteiger partial charge in [0, 0.05) is 36.6 Å². The summed E-state index contributed by atoms with van der Waals surface area (Å²) in [5.74, 6) is 0.439. The Morgan fingerprint density at radius 1 is 1.19 bits per heavy atom. The summed E-state index contributed by atoms with van der Waals surface area (Å²) < 4.78 is 0. The number of nitrogens with zero attached hydrogens (tertiary/aromatic N) is 4. The highest BCUT2D eigenvalue weighted by Gasteiger charge is 2.17. The highest BCUT2D eigenvalue weighted by atomic mass is 16.1. The predicted octanol–water partition coefficient (Wildman–Crippen LogP) is 2.45. The molecule has 1 aliphatic heterocycles. The Hall–Kier alpha value is -3.46. The number of anilines is 1. The monoisotopic (exact) mass is 436 g/mol. The number of rotatable bonds is 7. The summed E-state index contributed by atoms with van der Waals surface area (Å²) in [4.78, 5) is 27.0. The smallest absolute Gasteiger partial charge is 0.251 e. The normalized spacial score (nSPS) is 17.7. The van der Waals surface area contributed by atoms with Gasteiger partial charge in [0.05, 0.1) is 0 Å². The van der Waals surface area contributed by atoms with Crippen molar-refractivity contribution in [2.75, 3.05) is 25.0 Å². The number of carbonyl (C=O) groups is 1. The van der Waals surface area contributed by atoms with E-state index in [4.69, 9.17) is 11.5 Å². The van der Waals surface area contributed by atoms with E-state index < -0.39 is 0 Å². The van der Waals surface area contributed by atoms with Crippen molar-refractivity contribution < 1.29 is 4.79 Å². The van der Waals surface area contributed by atoms with Crippen molar-refractivity contribution in [2.45, 2.75) is 38.6 Å². The number of pyridine rings is 1. The fraction of sp³-hybridized carbons (Fsp3) is 0.391. The Balaban J connectivity index is 1.44. The zero-order valence-corrected chi connectivity index (χ0v) is 18.5. The molecule has 1 aromatic heterocycles. The number of guanidine groups is 2. The first-order valence-electron chi connectivity index (χ1n) is 11.0. The minimum atomic E-state index is -0.0865. The van der Waals surface area contributed by atoms with Crippen LogP contribution >= 0.6 is 0 Å². The van der Waals surface area contributed by atoms with Crippen LogP contribution < -0.4 is 22.1 Å². The van der Waals surface area contributed by atoms with Crippen LogP contribution in [0.2, 0.25) is 0 Å². The first-order chi connectivity index (χ1) is 15.5. The van der Waals surface area contributed by atoms with Crippen LogP contribution in [0.5, 0.6) is 0 Å². The van der Waals surface area contributed by atoms with E-state index in [1.165, 1.54) is 19.3 Å². The zero-order chi connectivity index (χ0) is 22.8. The second-order valence-electron chi connectivity index (χ2n) is 7.85. The molecule has 0 radical (unpaired) electrons. The van der Waals surface area contributed by atoms with Gasteiger partial charge < -0.3 is 27.0 Å². The number of benzene rings is 1. The van der Waals surface area contributed by atoms with Crippen LogP contribution in [0.15, 0.2) is 58.6 Å². The first-order valence-corrected chi connectivity index (χ1v) is 11.0. The highest BCUT2D eigenvalue weighted by Crippen LogP contribution is 2.16. The lowest BCUT2D eigenvalue weighted by Gasteiger charge is -2.33. The van der Waals surface area contributed by atoms with E-state index in [0.29, 0.717) is 29.7 Å². The second-order valence-corrected chi connectivity index (χ2v) is 7.85. The molecule has 170 valence electrons. The van der Waals surface area contributed by atoms with Crippen molar-refractivity contribution in [3.8, 4) is 0 Å². The third-order valence-electron chi connectivity index (χ3n) is 5.38. The summed E-state index contributed by atoms with van der Waals surface area (Å²) in [5, 5.41) is 5.92. The van der Waals surface area contributed by atoms with Crippen LogP contribution in [0, 0.1) is 0 Å². The Bertz CT molecular complexity index is 927. The minimum Gasteiger partial charge on any atom is -0.369 e. The number of carbonyl (C=O) groups excluding carboxylic acids is 1. The summed E-state index contributed by atoms with van der Waals surface area (Å²) in [6.07, 6.45) is 6.43. The van der Waals surface area contributed by atoms with Crippen LogP contribution in [-0.4, -0.2) is 53.4 Å². The molecular weight excluding hydrogens is 404 g/mol. The summed E-state index contributed by atoms with van der Waals surface area (Å²) in [7, 11) is 0. The van der Waals surface area contributed by atoms with Crippen molar-refractivity contribution in [2.24, 2.45) is 21.5 Å². The summed E-state index contributed by atoms with van der Waals surface area (Å²) in [5.41, 5.74) is 12.9. The topological polar surface area (TPSA) is 134 Å². The number of amides is 1. The largest absolute Gasteiger partial charge is 0.369 e. The molecule has 1 saturated heterocycles. The van der Waals surface area contributed by atoms with E-state index >= 15 is 0 Å². The molecular formula is C23H32N8O. The van der Waals surface area contributed by atoms with Crippen LogP contribution in [0.4, 0.5) is 11.5 Å². The maximum atomic E-state index is 12.4. The van der Waals surface area contributed by atoms with Crippen molar-refractivity contribution >= 4 is 29.3 Å². The molecule has 1 unspecified atom stereocenters. The van der Waals surface area contributed by atoms with Crippen molar-refractivity contribution in [1.29, 1.82) is 0 Å². The molecule has 0 bridgehead atoms. The third-order valence-corrected chi connectivity index (χ3v) is 5.38. The molecule has 0 spiro atoms. The fourth-order valence-corrected chi connectivity index (χ4v) is 3.64. The summed E-state index contributed by atoms with van der Waals surface area (Å²) in [6.45, 7) is 5.13. The first kappa shape index (κ1) is 23.2. The van der Waals surface area contributed by atoms with Gasteiger partial charge in [-0.25, -0.2) is 4.98 Å². The van der Waals surface area contributed by atoms with Gasteiger partial charge in [-0.1, -0.05) is 12.5 Å². The van der Waals surface area contributed by atoms with E-state index in [1.54, 1.807) is 48.7 Å². The van der Waals surface area contributed by atoms with E-state index in [0.717, 1.165) is 19.5 Å². The van der Waals surface area contributed by atoms with Gasteiger partial charge in [-0.2, -0.15) is 9.98 Å². The summed E-state index contributed by atoms with van der Waals surface area (Å²) >= 11 is 0. The lowest BCUT2D eigenvalue weighted by atomic mass is 10.0. The third kappa shape index (κ3) is 7.35. The van der Waals surface area contributed by atoms with Crippen LogP contribution in [0.1, 0.15) is 43.0 Å². The average molecular weight is 437 g/mol. The molecule has 1 aliphatic rings. The molecule has 0 saturated carbocycles. The summed E-state index contributed by atoms with van der Waals surface area (Å²) in [6, 6.07) is 13.0. The number of aromatic nitrogens is 1. The van der Waals surface area contributed by atoms with Gasteiger partial charge in [-0.3, -0.25) is 4.79 Å². The molecule has 0 aliphatic carbocycles. The maximum absolute atomic E-state index is 12.4. The number of hydrogen-bond donors (Lipinski definition) is 4. The Morgan fingerprint density at radius 2 is 2.00 bits per heavy atom. The molecule has 1 fully saturated rings. The van der Waals surface area contributed by atoms with Gasteiger partial charge in [-0.05, 0) is 69.1 Å². The van der Waals surface area contributed by atoms with E-state index in [-0.39, 0.29) is 17.8 Å². The molecule has 9 heteroatoms. The van der Waals surface area contributed by atoms with Gasteiger partial charge in [0.25, 0.3) is 5.91 Å².